The number of primary amides is 1. The van der Waals surface area contributed by atoms with Crippen LogP contribution in [0.5, 0.6) is 5.75 Å². The second-order valence-corrected chi connectivity index (χ2v) is 22.4. The number of methoxy groups -OCH3 is 1. The largest absolute Gasteiger partial charge is 0.508 e. The monoisotopic (exact) mass is 1120 g/mol. The summed E-state index contributed by atoms with van der Waals surface area (Å²) >= 11 is 0.852. The fourth-order valence-corrected chi connectivity index (χ4v) is 11.0. The number of ether oxygens (including phenoxy) is 1. The van der Waals surface area contributed by atoms with Crippen LogP contribution in [0, 0.1) is 11.8 Å². The number of nitrogens with zero attached hydrogens (tertiary/aromatic N) is 2. The van der Waals surface area contributed by atoms with Crippen molar-refractivity contribution in [2.24, 2.45) is 17.6 Å². The lowest BCUT2D eigenvalue weighted by Crippen LogP contribution is -2.64. The van der Waals surface area contributed by atoms with Crippen LogP contribution in [0.4, 0.5) is 0 Å². The van der Waals surface area contributed by atoms with Crippen molar-refractivity contribution in [1.82, 2.24) is 36.4 Å². The first kappa shape index (κ1) is 64.9. The molecule has 14 atom stereocenters. The Morgan fingerprint density at radius 3 is 2.04 bits per heavy atom. The molecule has 3 saturated heterocycles. The summed E-state index contributed by atoms with van der Waals surface area (Å²) in [6.45, 7) is 7.10. The van der Waals surface area contributed by atoms with Crippen LogP contribution in [0.3, 0.4) is 0 Å². The van der Waals surface area contributed by atoms with Gasteiger partial charge in [-0.3, -0.25) is 43.2 Å². The number of unbranched alkanes of at least 4 members (excludes halogenated alkanes) is 5. The topological polar surface area (TPSA) is 377 Å². The molecule has 3 aliphatic rings. The second kappa shape index (κ2) is 31.9. The van der Waals surface area contributed by atoms with Crippen molar-refractivity contribution < 1.29 is 78.5 Å². The minimum absolute atomic E-state index is 0.0226. The molecule has 438 valence electrons. The van der Waals surface area contributed by atoms with Crippen LogP contribution in [-0.2, 0) is 54.3 Å². The van der Waals surface area contributed by atoms with Crippen LogP contribution in [0.25, 0.3) is 0 Å². The Labute approximate surface area is 460 Å². The average molecular weight is 1120 g/mol. The number of aromatic hydroxyl groups is 1. The standard InChI is InChI=1S/C53H84N8O16S/c1-6-29(2)23-30(3)13-11-9-7-8-10-12-14-41(69)55-35-19-20-42(78-28-43(70)77-5)56-51(74)47-37(65)21-22-60(47)53(76)46(39(67)26-40(54)68)59-50(73)45(38(66)24-32-15-17-33(63)18-16-32)58-49(72)36-25-34(64)27-61(36)52(75)44(31(4)62)57-48(35)71/h15-18,29-31,34-39,42,44-47,62-67H,6-14,19-28H2,1-5H3,(H2,54,68)(H,55,69)(H,56,74)(H,57,71)(H,58,72)(H,59,73)/t29?,30?,31-,34-,35?,36?,37+,38-,39-,42?,44?,45+,46?,47+/m1/s1. The highest BCUT2D eigenvalue weighted by molar-refractivity contribution is 8.00. The number of hydrogen-bond donors (Lipinski definition) is 12. The van der Waals surface area contributed by atoms with Crippen LogP contribution in [0.15, 0.2) is 24.3 Å². The molecular formula is C53H84N8O16S. The van der Waals surface area contributed by atoms with E-state index in [9.17, 15) is 73.8 Å². The number of rotatable bonds is 23. The molecular weight excluding hydrogens is 1040 g/mol. The molecule has 7 unspecified atom stereocenters. The SMILES string of the molecule is CCC(C)CC(C)CCCCCCCCC(=O)NC1CCC(SCC(=O)OC)NC(=O)[C@@H]2[C@@H](O)CCN2C(=O)C([C@H](O)CC(N)=O)NC(=O)[C@H]([C@H](O)Cc2ccc(O)cc2)NC(=O)C2C[C@@H](O)CN2C(=O)C([C@@H](C)O)NC1=O. The van der Waals surface area contributed by atoms with Crippen LogP contribution in [0.1, 0.15) is 130 Å². The molecule has 3 fully saturated rings. The first-order valence-electron chi connectivity index (χ1n) is 27.2. The lowest BCUT2D eigenvalue weighted by molar-refractivity contribution is -0.147. The number of amides is 8. The van der Waals surface area contributed by atoms with Crippen LogP contribution < -0.4 is 32.3 Å². The summed E-state index contributed by atoms with van der Waals surface area (Å²) in [6.07, 6.45) is -2.10. The Balaban J connectivity index is 1.72. The van der Waals surface area contributed by atoms with Gasteiger partial charge in [-0.05, 0) is 68.6 Å². The Morgan fingerprint density at radius 1 is 0.769 bits per heavy atom. The van der Waals surface area contributed by atoms with Crippen molar-refractivity contribution in [2.75, 3.05) is 26.0 Å². The molecule has 0 spiro atoms. The van der Waals surface area contributed by atoms with E-state index in [0.717, 1.165) is 73.6 Å². The fraction of sp³-hybridized carbons (Fsp3) is 0.717. The van der Waals surface area contributed by atoms with Crippen molar-refractivity contribution in [2.45, 2.75) is 203 Å². The number of aliphatic hydroxyl groups is 5. The van der Waals surface area contributed by atoms with Gasteiger partial charge in [0.1, 0.15) is 42.0 Å². The lowest BCUT2D eigenvalue weighted by Gasteiger charge is -2.34. The smallest absolute Gasteiger partial charge is 0.315 e. The van der Waals surface area contributed by atoms with E-state index in [2.05, 4.69) is 47.4 Å². The summed E-state index contributed by atoms with van der Waals surface area (Å²) in [6, 6.07) is -5.36. The van der Waals surface area contributed by atoms with Gasteiger partial charge in [-0.15, -0.1) is 11.8 Å². The molecule has 0 bridgehead atoms. The molecule has 78 heavy (non-hydrogen) atoms. The number of nitrogens with one attached hydrogen (secondary N) is 5. The third-order valence-electron chi connectivity index (χ3n) is 14.7. The quantitative estimate of drug-likeness (QED) is 0.0467. The van der Waals surface area contributed by atoms with E-state index in [0.29, 0.717) is 23.8 Å². The normalized spacial score (nSPS) is 26.9. The van der Waals surface area contributed by atoms with Crippen molar-refractivity contribution >= 4 is 65.0 Å². The number of phenols is 1. The second-order valence-electron chi connectivity index (χ2n) is 21.2. The number of esters is 1. The number of nitrogens with two attached hydrogens (primary N) is 1. The molecule has 3 heterocycles. The van der Waals surface area contributed by atoms with Gasteiger partial charge in [0.05, 0.1) is 55.2 Å². The van der Waals surface area contributed by atoms with Gasteiger partial charge in [0, 0.05) is 32.4 Å². The van der Waals surface area contributed by atoms with Gasteiger partial charge in [0.2, 0.25) is 47.3 Å². The molecule has 0 aliphatic carbocycles. The minimum atomic E-state index is -2.12. The summed E-state index contributed by atoms with van der Waals surface area (Å²) in [5, 5.41) is 77.6. The number of fused-ring (bicyclic) bond motifs is 2. The van der Waals surface area contributed by atoms with E-state index < -0.39 is 151 Å². The average Bonchev–Trinajstić information content (AvgIpc) is 4.01. The highest BCUT2D eigenvalue weighted by Gasteiger charge is 2.48. The molecule has 0 aromatic heterocycles. The molecule has 3 aliphatic heterocycles. The fourth-order valence-electron chi connectivity index (χ4n) is 10.1. The minimum Gasteiger partial charge on any atom is -0.508 e. The van der Waals surface area contributed by atoms with Gasteiger partial charge in [-0.25, -0.2) is 0 Å². The lowest BCUT2D eigenvalue weighted by atomic mass is 9.91. The molecule has 0 radical (unpaired) electrons. The van der Waals surface area contributed by atoms with Gasteiger partial charge in [0.15, 0.2) is 0 Å². The maximum Gasteiger partial charge on any atom is 0.315 e. The van der Waals surface area contributed by atoms with Crippen molar-refractivity contribution in [3.8, 4) is 5.75 Å². The van der Waals surface area contributed by atoms with E-state index in [-0.39, 0.29) is 43.7 Å². The molecule has 1 aromatic carbocycles. The van der Waals surface area contributed by atoms with E-state index in [1.54, 1.807) is 0 Å². The summed E-state index contributed by atoms with van der Waals surface area (Å²) in [5.74, 6) is -8.14. The highest BCUT2D eigenvalue weighted by atomic mass is 32.2. The van der Waals surface area contributed by atoms with Crippen molar-refractivity contribution in [1.29, 1.82) is 0 Å². The maximum atomic E-state index is 14.6. The van der Waals surface area contributed by atoms with E-state index >= 15 is 0 Å². The number of phenolic OH excluding ortho intramolecular Hbond substituents is 1. The van der Waals surface area contributed by atoms with Crippen molar-refractivity contribution in [3.05, 3.63) is 29.8 Å². The summed E-state index contributed by atoms with van der Waals surface area (Å²) in [5.41, 5.74) is 5.74. The third kappa shape index (κ3) is 19.9. The van der Waals surface area contributed by atoms with Gasteiger partial charge in [-0.2, -0.15) is 0 Å². The zero-order chi connectivity index (χ0) is 57.8. The Bertz CT molecular complexity index is 2190. The molecule has 13 N–H and O–H groups in total. The Hall–Kier alpha value is -5.60. The van der Waals surface area contributed by atoms with Gasteiger partial charge in [0.25, 0.3) is 0 Å². The number of thioether (sulfide) groups is 1. The molecule has 8 amide bonds. The first-order chi connectivity index (χ1) is 36.9. The maximum absolute atomic E-state index is 14.6. The number of aliphatic hydroxyl groups excluding tert-OH is 5. The first-order valence-corrected chi connectivity index (χ1v) is 28.3. The molecule has 0 saturated carbocycles. The van der Waals surface area contributed by atoms with Gasteiger partial charge < -0.3 is 77.5 Å². The van der Waals surface area contributed by atoms with Gasteiger partial charge >= 0.3 is 5.97 Å². The van der Waals surface area contributed by atoms with Gasteiger partial charge in [-0.1, -0.05) is 77.8 Å². The van der Waals surface area contributed by atoms with E-state index in [1.165, 1.54) is 37.6 Å². The number of hydrogen-bond acceptors (Lipinski definition) is 17. The highest BCUT2D eigenvalue weighted by Crippen LogP contribution is 2.26. The van der Waals surface area contributed by atoms with Crippen LogP contribution in [-0.4, -0.2) is 192 Å². The number of carbonyl (C=O) groups excluding carboxylic acids is 9. The van der Waals surface area contributed by atoms with Crippen LogP contribution >= 0.6 is 11.8 Å². The number of benzene rings is 1. The summed E-state index contributed by atoms with van der Waals surface area (Å²) in [7, 11) is 1.14. The molecule has 24 nitrogen and oxygen atoms in total. The van der Waals surface area contributed by atoms with Crippen LogP contribution in [0.2, 0.25) is 0 Å². The van der Waals surface area contributed by atoms with Crippen molar-refractivity contribution in [3.63, 3.8) is 0 Å². The molecule has 25 heteroatoms. The summed E-state index contributed by atoms with van der Waals surface area (Å²) < 4.78 is 4.81. The van der Waals surface area contributed by atoms with E-state index in [1.807, 2.05) is 0 Å². The zero-order valence-corrected chi connectivity index (χ0v) is 46.3. The molecule has 4 rings (SSSR count). The Kier molecular flexibility index (Phi) is 26.5. The molecule has 1 aromatic rings. The predicted octanol–water partition coefficient (Wildman–Crippen LogP) is -0.889. The third-order valence-corrected chi connectivity index (χ3v) is 15.8. The van der Waals surface area contributed by atoms with E-state index in [4.69, 9.17) is 10.5 Å². The number of carbonyl (C=O) groups is 9. The predicted molar refractivity (Wildman–Crippen MR) is 285 cm³/mol. The zero-order valence-electron chi connectivity index (χ0n) is 45.5. The Morgan fingerprint density at radius 2 is 1.40 bits per heavy atom. The summed E-state index contributed by atoms with van der Waals surface area (Å²) in [4.78, 5) is 127.